The van der Waals surface area contributed by atoms with Crippen LogP contribution in [0, 0.1) is 5.41 Å². The first-order valence-corrected chi connectivity index (χ1v) is 24.9. The highest BCUT2D eigenvalue weighted by Gasteiger charge is 2.48. The van der Waals surface area contributed by atoms with Crippen molar-refractivity contribution in [2.75, 3.05) is 41.7 Å². The number of fused-ring (bicyclic) bond motifs is 3. The molecule has 3 fully saturated rings. The molecule has 1 saturated carbocycles. The van der Waals surface area contributed by atoms with Crippen molar-refractivity contribution >= 4 is 78.7 Å². The van der Waals surface area contributed by atoms with E-state index in [0.717, 1.165) is 45.1 Å². The van der Waals surface area contributed by atoms with Crippen molar-refractivity contribution in [3.63, 3.8) is 0 Å². The molecule has 16 nitrogen and oxygen atoms in total. The summed E-state index contributed by atoms with van der Waals surface area (Å²) in [7, 11) is 1.76. The Balaban J connectivity index is 0.730. The molecule has 11 rings (SSSR count). The number of para-hydroxylation sites is 1. The van der Waals surface area contributed by atoms with Gasteiger partial charge in [-0.25, -0.2) is 14.8 Å². The van der Waals surface area contributed by atoms with Crippen molar-refractivity contribution in [3.05, 3.63) is 125 Å². The molecule has 4 N–H and O–H groups in total. The number of carboxylic acids is 1. The van der Waals surface area contributed by atoms with Gasteiger partial charge in [0.25, 0.3) is 5.91 Å². The van der Waals surface area contributed by atoms with Crippen LogP contribution in [0.25, 0.3) is 32.2 Å². The number of carboxylic acid groups (broad SMARTS) is 1. The number of hydrogen-bond acceptors (Lipinski definition) is 12. The van der Waals surface area contributed by atoms with Gasteiger partial charge in [-0.15, -0.1) is 0 Å². The summed E-state index contributed by atoms with van der Waals surface area (Å²) in [5, 5.41) is 24.5. The third kappa shape index (κ3) is 9.36. The van der Waals surface area contributed by atoms with Crippen LogP contribution in [-0.2, 0) is 40.6 Å². The van der Waals surface area contributed by atoms with E-state index < -0.39 is 35.4 Å². The van der Waals surface area contributed by atoms with E-state index in [1.165, 1.54) is 41.7 Å². The molecule has 1 spiro atoms. The number of anilines is 3. The number of likely N-dealkylation sites (tertiary alicyclic amines) is 1. The van der Waals surface area contributed by atoms with Gasteiger partial charge in [-0.3, -0.25) is 39.4 Å². The van der Waals surface area contributed by atoms with Crippen LogP contribution in [-0.4, -0.2) is 91.6 Å². The van der Waals surface area contributed by atoms with Gasteiger partial charge in [-0.1, -0.05) is 47.7 Å². The van der Waals surface area contributed by atoms with E-state index in [-0.39, 0.29) is 71.2 Å². The van der Waals surface area contributed by atoms with Crippen LogP contribution < -0.4 is 25.6 Å². The number of ether oxygens (including phenoxy) is 1. The first-order valence-electron chi connectivity index (χ1n) is 24.0. The first kappa shape index (κ1) is 47.6. The maximum Gasteiger partial charge on any atom is 0.420 e. The standard InChI is InChI=1S/C53H48F3N9O7S/c1-63-39-24-30(12-13-35(39)46(62-63)36-15-17-43(66)60-49(36)69)57-44(67)28-64-22-19-52(20-23-64)25-31(26-52)72-40-10-5-7-32(45(40)53(54,55)56)33-14-16-42(59-47(33)50(70)71)65-21-18-29-6-4-8-34(37(29)27-65)48(68)61-51-58-38-9-2-3-11-41(38)73-51/h2-14,16,24,31,36H,15,17-23,25-28H2,1H3,(H,57,67)(H,70,71)(H,58,61,68)(H,60,66,69). The minimum absolute atomic E-state index is 0.148. The molecule has 4 aliphatic rings. The van der Waals surface area contributed by atoms with Crippen LogP contribution in [0.3, 0.4) is 0 Å². The first-order chi connectivity index (χ1) is 35.1. The Labute approximate surface area is 419 Å². The Morgan fingerprint density at radius 3 is 2.47 bits per heavy atom. The minimum atomic E-state index is -4.91. The number of amides is 4. The number of nitrogens with zero attached hydrogens (tertiary/aromatic N) is 6. The molecule has 2 saturated heterocycles. The van der Waals surface area contributed by atoms with Gasteiger partial charge in [0.05, 0.1) is 40.0 Å². The number of aromatic nitrogens is 4. The molecule has 0 radical (unpaired) electrons. The number of pyridine rings is 1. The zero-order valence-corrected chi connectivity index (χ0v) is 40.2. The number of halogens is 3. The van der Waals surface area contributed by atoms with E-state index >= 15 is 13.2 Å². The smallest absolute Gasteiger partial charge is 0.420 e. The van der Waals surface area contributed by atoms with Gasteiger partial charge < -0.3 is 20.1 Å². The van der Waals surface area contributed by atoms with Crippen molar-refractivity contribution in [1.29, 1.82) is 0 Å². The fourth-order valence-electron chi connectivity index (χ4n) is 11.0. The minimum Gasteiger partial charge on any atom is -0.490 e. The van der Waals surface area contributed by atoms with Crippen LogP contribution in [0.15, 0.2) is 91.0 Å². The predicted molar refractivity (Wildman–Crippen MR) is 267 cm³/mol. The molecular weight excluding hydrogens is 964 g/mol. The van der Waals surface area contributed by atoms with Crippen LogP contribution in [0.4, 0.5) is 29.8 Å². The van der Waals surface area contributed by atoms with Crippen molar-refractivity contribution in [3.8, 4) is 16.9 Å². The van der Waals surface area contributed by atoms with E-state index in [0.29, 0.717) is 67.4 Å². The summed E-state index contributed by atoms with van der Waals surface area (Å²) in [6.07, 6.45) is -1.76. The highest BCUT2D eigenvalue weighted by atomic mass is 32.1. The van der Waals surface area contributed by atoms with Gasteiger partial charge in [0.1, 0.15) is 17.1 Å². The van der Waals surface area contributed by atoms with E-state index in [1.54, 1.807) is 29.9 Å². The topological polar surface area (TPSA) is 201 Å². The third-order valence-corrected chi connectivity index (χ3v) is 15.6. The van der Waals surface area contributed by atoms with E-state index in [9.17, 15) is 29.1 Å². The lowest BCUT2D eigenvalue weighted by Gasteiger charge is -2.51. The molecule has 1 unspecified atom stereocenters. The zero-order valence-electron chi connectivity index (χ0n) is 39.4. The Hall–Kier alpha value is -7.71. The number of rotatable bonds is 11. The predicted octanol–water partition coefficient (Wildman–Crippen LogP) is 8.56. The fraction of sp³-hybridized carbons (Fsp3) is 0.321. The highest BCUT2D eigenvalue weighted by molar-refractivity contribution is 7.22. The Bertz CT molecular complexity index is 3360. The lowest BCUT2D eigenvalue weighted by Crippen LogP contribution is -2.51. The number of aryl methyl sites for hydroxylation is 1. The molecule has 374 valence electrons. The van der Waals surface area contributed by atoms with Gasteiger partial charge in [0, 0.05) is 54.3 Å². The van der Waals surface area contributed by atoms with Crippen molar-refractivity contribution in [2.24, 2.45) is 12.5 Å². The normalized spacial score (nSPS) is 18.1. The number of piperidine rings is 2. The number of imide groups is 1. The Morgan fingerprint density at radius 2 is 1.70 bits per heavy atom. The molecule has 4 aromatic carbocycles. The quantitative estimate of drug-likeness (QED) is 0.0902. The monoisotopic (exact) mass is 1010 g/mol. The summed E-state index contributed by atoms with van der Waals surface area (Å²) in [4.78, 5) is 76.8. The van der Waals surface area contributed by atoms with Gasteiger partial charge in [-0.2, -0.15) is 18.3 Å². The van der Waals surface area contributed by atoms with Crippen LogP contribution >= 0.6 is 11.3 Å². The summed E-state index contributed by atoms with van der Waals surface area (Å²) in [5.74, 6) is -3.42. The molecule has 1 atom stereocenters. The highest BCUT2D eigenvalue weighted by Crippen LogP contribution is 2.52. The number of benzene rings is 4. The molecule has 4 amide bonds. The number of carbonyl (C=O) groups excluding carboxylic acids is 4. The second-order valence-electron chi connectivity index (χ2n) is 19.3. The molecule has 6 heterocycles. The lowest BCUT2D eigenvalue weighted by molar-refractivity contribution is -0.140. The van der Waals surface area contributed by atoms with Gasteiger partial charge in [-0.05, 0) is 123 Å². The fourth-order valence-corrected chi connectivity index (χ4v) is 11.8. The summed E-state index contributed by atoms with van der Waals surface area (Å²) < 4.78 is 54.2. The van der Waals surface area contributed by atoms with E-state index in [1.807, 2.05) is 47.4 Å². The zero-order chi connectivity index (χ0) is 50.8. The maximum absolute atomic E-state index is 15.2. The summed E-state index contributed by atoms with van der Waals surface area (Å²) in [6.45, 7) is 2.02. The molecule has 73 heavy (non-hydrogen) atoms. The lowest BCUT2D eigenvalue weighted by atomic mass is 9.61. The average Bonchev–Trinajstić information content (AvgIpc) is 3.92. The molecule has 20 heteroatoms. The summed E-state index contributed by atoms with van der Waals surface area (Å²) >= 11 is 1.36. The summed E-state index contributed by atoms with van der Waals surface area (Å²) in [5.41, 5.74) is 2.39. The van der Waals surface area contributed by atoms with Gasteiger partial charge >= 0.3 is 12.1 Å². The SMILES string of the molecule is Cn1nc(C2CCC(=O)NC2=O)c2ccc(NC(=O)CN3CCC4(CC3)CC(Oc3cccc(-c5ccc(N6CCc7cccc(C(=O)Nc8nc9ccccc9s8)c7C6)nc5C(=O)O)c3C(F)(F)F)C4)cc21. The second kappa shape index (κ2) is 18.7. The maximum atomic E-state index is 15.2. The van der Waals surface area contributed by atoms with Crippen molar-refractivity contribution in [2.45, 2.75) is 69.7 Å². The average molecular weight is 1010 g/mol. The van der Waals surface area contributed by atoms with E-state index in [2.05, 4.69) is 35.9 Å². The molecule has 0 bridgehead atoms. The van der Waals surface area contributed by atoms with Crippen LogP contribution in [0.2, 0.25) is 0 Å². The Morgan fingerprint density at radius 1 is 0.904 bits per heavy atom. The molecule has 7 aromatic rings. The van der Waals surface area contributed by atoms with Crippen molar-refractivity contribution in [1.82, 2.24) is 30.0 Å². The number of aromatic carboxylic acids is 1. The second-order valence-corrected chi connectivity index (χ2v) is 20.4. The summed E-state index contributed by atoms with van der Waals surface area (Å²) in [6, 6.07) is 25.2. The number of carbonyl (C=O) groups is 5. The number of nitrogens with one attached hydrogen (secondary N) is 3. The molecule has 3 aliphatic heterocycles. The van der Waals surface area contributed by atoms with Crippen molar-refractivity contribution < 1.29 is 47.0 Å². The largest absolute Gasteiger partial charge is 0.490 e. The number of hydrogen-bond donors (Lipinski definition) is 4. The molecule has 3 aromatic heterocycles. The Kier molecular flexibility index (Phi) is 12.2. The van der Waals surface area contributed by atoms with Gasteiger partial charge in [0.15, 0.2) is 10.8 Å². The number of thiazole rings is 1. The van der Waals surface area contributed by atoms with Crippen LogP contribution in [0.5, 0.6) is 5.75 Å². The van der Waals surface area contributed by atoms with Gasteiger partial charge in [0.2, 0.25) is 17.7 Å². The van der Waals surface area contributed by atoms with E-state index in [4.69, 9.17) is 4.74 Å². The van der Waals surface area contributed by atoms with Crippen LogP contribution in [0.1, 0.15) is 87.7 Å². The molecule has 1 aliphatic carbocycles. The molecular formula is C53H48F3N9O7S. The number of alkyl halides is 3. The third-order valence-electron chi connectivity index (χ3n) is 14.7.